The van der Waals surface area contributed by atoms with Gasteiger partial charge in [-0.15, -0.1) is 0 Å². The van der Waals surface area contributed by atoms with Crippen LogP contribution in [0.25, 0.3) is 0 Å². The third-order valence-corrected chi connectivity index (χ3v) is 4.44. The molecule has 0 bridgehead atoms. The molecule has 5 heteroatoms. The summed E-state index contributed by atoms with van der Waals surface area (Å²) >= 11 is 3.58. The van der Waals surface area contributed by atoms with Gasteiger partial charge >= 0.3 is 0 Å². The zero-order chi connectivity index (χ0) is 13.7. The van der Waals surface area contributed by atoms with Crippen LogP contribution in [0, 0.1) is 11.8 Å². The van der Waals surface area contributed by atoms with E-state index in [1.807, 2.05) is 0 Å². The minimum absolute atomic E-state index is 0.781. The lowest BCUT2D eigenvalue weighted by Crippen LogP contribution is -2.14. The summed E-state index contributed by atoms with van der Waals surface area (Å²) in [7, 11) is 0. The van der Waals surface area contributed by atoms with Crippen LogP contribution in [-0.4, -0.2) is 23.1 Å². The summed E-state index contributed by atoms with van der Waals surface area (Å²) in [6.45, 7) is 6.41. The zero-order valence-corrected chi connectivity index (χ0v) is 13.3. The molecule has 0 aromatic carbocycles. The number of nitrogens with zero attached hydrogens (tertiary/aromatic N) is 2. The minimum atomic E-state index is 0.781. The van der Waals surface area contributed by atoms with Crippen LogP contribution in [0.1, 0.15) is 39.5 Å². The van der Waals surface area contributed by atoms with E-state index < -0.39 is 0 Å². The molecule has 0 amide bonds. The lowest BCUT2D eigenvalue weighted by Gasteiger charge is -2.14. The largest absolute Gasteiger partial charge is 0.369 e. The summed E-state index contributed by atoms with van der Waals surface area (Å²) < 4.78 is 0.939. The molecular formula is C14H23BrN4. The van der Waals surface area contributed by atoms with Crippen LogP contribution in [0.2, 0.25) is 0 Å². The highest BCUT2D eigenvalue weighted by atomic mass is 79.9. The van der Waals surface area contributed by atoms with Crippen molar-refractivity contribution in [2.45, 2.75) is 39.5 Å². The molecule has 2 N–H and O–H groups in total. The maximum atomic E-state index is 4.32. The molecule has 106 valence electrons. The van der Waals surface area contributed by atoms with Crippen LogP contribution in [0.3, 0.4) is 0 Å². The zero-order valence-electron chi connectivity index (χ0n) is 11.7. The van der Waals surface area contributed by atoms with Crippen LogP contribution in [0.5, 0.6) is 0 Å². The molecule has 4 nitrogen and oxygen atoms in total. The maximum absolute atomic E-state index is 4.32. The van der Waals surface area contributed by atoms with Crippen molar-refractivity contribution in [3.63, 3.8) is 0 Å². The Morgan fingerprint density at radius 1 is 1.26 bits per heavy atom. The second kappa shape index (κ2) is 7.08. The second-order valence-corrected chi connectivity index (χ2v) is 6.27. The van der Waals surface area contributed by atoms with Crippen LogP contribution in [0.15, 0.2) is 10.8 Å². The Kier molecular flexibility index (Phi) is 5.43. The Hall–Kier alpha value is -0.840. The molecule has 19 heavy (non-hydrogen) atoms. The molecule has 0 radical (unpaired) electrons. The molecule has 2 atom stereocenters. The Morgan fingerprint density at radius 3 is 2.63 bits per heavy atom. The van der Waals surface area contributed by atoms with Gasteiger partial charge in [0.15, 0.2) is 0 Å². The SMILES string of the molecule is CCCNc1ncnc(NCC2CCC(C)C2)c1Br. The van der Waals surface area contributed by atoms with Gasteiger partial charge in [0.25, 0.3) is 0 Å². The number of rotatable bonds is 6. The lowest BCUT2D eigenvalue weighted by atomic mass is 10.1. The van der Waals surface area contributed by atoms with Crippen molar-refractivity contribution in [2.24, 2.45) is 11.8 Å². The quantitative estimate of drug-likeness (QED) is 0.832. The molecule has 2 rings (SSSR count). The van der Waals surface area contributed by atoms with E-state index in [-0.39, 0.29) is 0 Å². The first-order valence-corrected chi connectivity index (χ1v) is 7.98. The average molecular weight is 327 g/mol. The third kappa shape index (κ3) is 4.06. The summed E-state index contributed by atoms with van der Waals surface area (Å²) in [5.41, 5.74) is 0. The van der Waals surface area contributed by atoms with Crippen molar-refractivity contribution >= 4 is 27.6 Å². The Bertz CT molecular complexity index is 410. The van der Waals surface area contributed by atoms with Gasteiger partial charge in [-0.3, -0.25) is 0 Å². The van der Waals surface area contributed by atoms with Crippen LogP contribution >= 0.6 is 15.9 Å². The summed E-state index contributed by atoms with van der Waals surface area (Å²) in [5, 5.41) is 6.75. The third-order valence-electron chi connectivity index (χ3n) is 3.69. The number of anilines is 2. The lowest BCUT2D eigenvalue weighted by molar-refractivity contribution is 0.536. The summed E-state index contributed by atoms with van der Waals surface area (Å²) in [5.74, 6) is 3.43. The van der Waals surface area contributed by atoms with E-state index in [1.165, 1.54) is 19.3 Å². The number of nitrogens with one attached hydrogen (secondary N) is 2. The fraction of sp³-hybridized carbons (Fsp3) is 0.714. The molecule has 1 aromatic rings. The van der Waals surface area contributed by atoms with Gasteiger partial charge in [-0.25, -0.2) is 9.97 Å². The van der Waals surface area contributed by atoms with E-state index in [9.17, 15) is 0 Å². The molecule has 0 saturated heterocycles. The van der Waals surface area contributed by atoms with Crippen molar-refractivity contribution in [3.8, 4) is 0 Å². The normalized spacial score (nSPS) is 22.5. The van der Waals surface area contributed by atoms with Crippen LogP contribution in [0.4, 0.5) is 11.6 Å². The van der Waals surface area contributed by atoms with Gasteiger partial charge < -0.3 is 10.6 Å². The van der Waals surface area contributed by atoms with E-state index in [0.29, 0.717) is 0 Å². The standard InChI is InChI=1S/C14H23BrN4/c1-3-6-16-13-12(15)14(19-9-18-13)17-8-11-5-4-10(2)7-11/h9-11H,3-8H2,1-2H3,(H2,16,17,18,19). The fourth-order valence-electron chi connectivity index (χ4n) is 2.61. The van der Waals surface area contributed by atoms with E-state index in [4.69, 9.17) is 0 Å². The summed E-state index contributed by atoms with van der Waals surface area (Å²) in [4.78, 5) is 8.58. The van der Waals surface area contributed by atoms with Crippen molar-refractivity contribution in [1.82, 2.24) is 9.97 Å². The Morgan fingerprint density at radius 2 is 2.00 bits per heavy atom. The number of halogens is 1. The first-order valence-electron chi connectivity index (χ1n) is 7.19. The number of hydrogen-bond acceptors (Lipinski definition) is 4. The number of hydrogen-bond donors (Lipinski definition) is 2. The van der Waals surface area contributed by atoms with E-state index in [2.05, 4.69) is 50.4 Å². The van der Waals surface area contributed by atoms with Gasteiger partial charge in [0, 0.05) is 13.1 Å². The molecule has 1 aliphatic carbocycles. The molecular weight excluding hydrogens is 304 g/mol. The number of aromatic nitrogens is 2. The van der Waals surface area contributed by atoms with E-state index in [0.717, 1.165) is 47.5 Å². The topological polar surface area (TPSA) is 49.8 Å². The monoisotopic (exact) mass is 326 g/mol. The maximum Gasteiger partial charge on any atom is 0.145 e. The van der Waals surface area contributed by atoms with Crippen molar-refractivity contribution < 1.29 is 0 Å². The smallest absolute Gasteiger partial charge is 0.145 e. The second-order valence-electron chi connectivity index (χ2n) is 5.48. The van der Waals surface area contributed by atoms with Crippen LogP contribution < -0.4 is 10.6 Å². The molecule has 0 spiro atoms. The van der Waals surface area contributed by atoms with Gasteiger partial charge in [0.1, 0.15) is 22.4 Å². The van der Waals surface area contributed by atoms with Crippen LogP contribution in [-0.2, 0) is 0 Å². The molecule has 2 unspecified atom stereocenters. The van der Waals surface area contributed by atoms with Crippen molar-refractivity contribution in [1.29, 1.82) is 0 Å². The highest BCUT2D eigenvalue weighted by Crippen LogP contribution is 2.31. The first-order chi connectivity index (χ1) is 9.20. The van der Waals surface area contributed by atoms with Crippen molar-refractivity contribution in [2.75, 3.05) is 23.7 Å². The summed E-state index contributed by atoms with van der Waals surface area (Å²) in [6, 6.07) is 0. The minimum Gasteiger partial charge on any atom is -0.369 e. The van der Waals surface area contributed by atoms with Gasteiger partial charge in [-0.05, 0) is 47.0 Å². The Labute approximate surface area is 123 Å². The Balaban J connectivity index is 1.92. The van der Waals surface area contributed by atoms with E-state index in [1.54, 1.807) is 6.33 Å². The average Bonchev–Trinajstić information content (AvgIpc) is 2.82. The highest BCUT2D eigenvalue weighted by molar-refractivity contribution is 9.10. The van der Waals surface area contributed by atoms with Gasteiger partial charge in [-0.2, -0.15) is 0 Å². The molecule has 1 heterocycles. The van der Waals surface area contributed by atoms with Gasteiger partial charge in [-0.1, -0.05) is 20.3 Å². The molecule has 1 aromatic heterocycles. The first kappa shape index (κ1) is 14.6. The van der Waals surface area contributed by atoms with Crippen molar-refractivity contribution in [3.05, 3.63) is 10.8 Å². The van der Waals surface area contributed by atoms with Gasteiger partial charge in [0.05, 0.1) is 0 Å². The van der Waals surface area contributed by atoms with E-state index >= 15 is 0 Å². The fourth-order valence-corrected chi connectivity index (χ4v) is 3.10. The predicted molar refractivity (Wildman–Crippen MR) is 83.5 cm³/mol. The summed E-state index contributed by atoms with van der Waals surface area (Å²) in [6.07, 6.45) is 6.72. The predicted octanol–water partition coefficient (Wildman–Crippen LogP) is 3.91. The molecule has 1 aliphatic rings. The molecule has 0 aliphatic heterocycles. The van der Waals surface area contributed by atoms with Gasteiger partial charge in [0.2, 0.25) is 0 Å². The molecule has 1 fully saturated rings. The molecule has 1 saturated carbocycles. The highest BCUT2D eigenvalue weighted by Gasteiger charge is 2.21.